The molecule has 0 spiro atoms. The van der Waals surface area contributed by atoms with Crippen LogP contribution < -0.4 is 9.47 Å². The van der Waals surface area contributed by atoms with E-state index in [4.69, 9.17) is 24.4 Å². The van der Waals surface area contributed by atoms with Crippen molar-refractivity contribution >= 4 is 33.5 Å². The minimum absolute atomic E-state index is 0.336. The molecule has 0 saturated heterocycles. The zero-order valence-corrected chi connectivity index (χ0v) is 27.7. The van der Waals surface area contributed by atoms with Gasteiger partial charge in [-0.2, -0.15) is 0 Å². The van der Waals surface area contributed by atoms with E-state index < -0.39 is 12.1 Å². The molecular weight excluding hydrogens is 614 g/mol. The number of nitrogens with zero attached hydrogens (tertiary/aromatic N) is 2. The Kier molecular flexibility index (Phi) is 10.9. The lowest BCUT2D eigenvalue weighted by Crippen LogP contribution is -2.30. The van der Waals surface area contributed by atoms with Crippen LogP contribution in [0.4, 0.5) is 0 Å². The molecule has 2 aromatic heterocycles. The fraction of sp³-hybridized carbons (Fsp3) is 0.220. The van der Waals surface area contributed by atoms with E-state index in [-0.39, 0.29) is 6.10 Å². The summed E-state index contributed by atoms with van der Waals surface area (Å²) in [5, 5.41) is 11.0. The number of nitrogens with one attached hydrogen (secondary N) is 1. The number of hydrogen-bond acceptors (Lipinski definition) is 8. The third-order valence-corrected chi connectivity index (χ3v) is 8.33. The molecule has 2 atom stereocenters. The van der Waals surface area contributed by atoms with Crippen LogP contribution in [0.1, 0.15) is 42.3 Å². The summed E-state index contributed by atoms with van der Waals surface area (Å²) in [5.41, 5.74) is 5.86. The van der Waals surface area contributed by atoms with Crippen molar-refractivity contribution in [2.45, 2.75) is 51.6 Å². The number of pyridine rings is 2. The molecule has 1 N–H and O–H groups in total. The Hall–Kier alpha value is -5.60. The predicted molar refractivity (Wildman–Crippen MR) is 191 cm³/mol. The average molecular weight is 654 g/mol. The first-order valence-corrected chi connectivity index (χ1v) is 16.4. The number of hydrogen-bond donors (Lipinski definition) is 1. The largest absolute Gasteiger partial charge is 0.487 e. The lowest BCUT2D eigenvalue weighted by Gasteiger charge is -2.22. The van der Waals surface area contributed by atoms with E-state index in [0.717, 1.165) is 50.1 Å². The van der Waals surface area contributed by atoms with Crippen LogP contribution in [0.5, 0.6) is 11.5 Å². The van der Waals surface area contributed by atoms with Crippen LogP contribution >= 0.6 is 0 Å². The van der Waals surface area contributed by atoms with E-state index in [0.29, 0.717) is 43.9 Å². The molecule has 4 aromatic carbocycles. The molecule has 0 aliphatic carbocycles. The van der Waals surface area contributed by atoms with Gasteiger partial charge in [-0.3, -0.25) is 0 Å². The first-order valence-electron chi connectivity index (χ1n) is 16.4. The van der Waals surface area contributed by atoms with Crippen molar-refractivity contribution < 1.29 is 23.7 Å². The molecule has 0 saturated carbocycles. The molecule has 0 fully saturated rings. The summed E-state index contributed by atoms with van der Waals surface area (Å²) in [5.74, 6) is 1.01. The number of carbonyl (C=O) groups is 1. The molecule has 0 radical (unpaired) electrons. The number of esters is 1. The molecule has 0 aliphatic heterocycles. The number of fused-ring (bicyclic) bond motifs is 2. The zero-order chi connectivity index (χ0) is 34.0. The number of carbonyl (C=O) groups excluding carboxylic acids is 1. The molecule has 6 rings (SSSR count). The van der Waals surface area contributed by atoms with E-state index in [1.54, 1.807) is 6.92 Å². The van der Waals surface area contributed by atoms with Crippen LogP contribution in [-0.2, 0) is 33.9 Å². The molecule has 8 heteroatoms. The van der Waals surface area contributed by atoms with Crippen LogP contribution in [0.3, 0.4) is 0 Å². The number of aromatic nitrogens is 2. The van der Waals surface area contributed by atoms with Crippen molar-refractivity contribution in [3.8, 4) is 11.5 Å². The number of para-hydroxylation sites is 2. The zero-order valence-electron chi connectivity index (χ0n) is 27.7. The highest BCUT2D eigenvalue weighted by molar-refractivity contribution is 5.98. The van der Waals surface area contributed by atoms with Gasteiger partial charge in [0.25, 0.3) is 0 Å². The van der Waals surface area contributed by atoms with Crippen LogP contribution in [0.25, 0.3) is 21.8 Å². The van der Waals surface area contributed by atoms with Crippen molar-refractivity contribution in [1.82, 2.24) is 9.97 Å². The average Bonchev–Trinajstić information content (AvgIpc) is 3.15. The van der Waals surface area contributed by atoms with Crippen molar-refractivity contribution in [3.63, 3.8) is 0 Å². The Bertz CT molecular complexity index is 2030. The van der Waals surface area contributed by atoms with Crippen molar-refractivity contribution in [3.05, 3.63) is 144 Å². The molecule has 2 unspecified atom stereocenters. The number of benzene rings is 4. The van der Waals surface area contributed by atoms with E-state index >= 15 is 0 Å². The number of rotatable bonds is 15. The summed E-state index contributed by atoms with van der Waals surface area (Å²) < 4.78 is 23.0. The summed E-state index contributed by atoms with van der Waals surface area (Å²) in [4.78, 5) is 21.5. The van der Waals surface area contributed by atoms with Gasteiger partial charge < -0.3 is 24.4 Å². The number of aryl methyl sites for hydroxylation is 1. The standard InChI is InChI=1S/C41H39N3O5/c1-28(41(45)46-2)49-37(22-13-29-11-20-35(21-12-29)47-26-33-18-14-31-7-3-5-9-39(31)43-33)25-38(42)30-16-23-36(24-17-30)48-27-34-19-15-32-8-4-6-10-40(32)44-34/h3-12,14-21,23-24,28,37,42H,13,22,25-27H2,1-2H3. The summed E-state index contributed by atoms with van der Waals surface area (Å²) in [6, 6.07) is 39.5. The Balaban J connectivity index is 1.03. The molecular formula is C41H39N3O5. The lowest BCUT2D eigenvalue weighted by atomic mass is 9.99. The van der Waals surface area contributed by atoms with Gasteiger partial charge in [-0.1, -0.05) is 60.7 Å². The van der Waals surface area contributed by atoms with Crippen molar-refractivity contribution in [2.24, 2.45) is 0 Å². The number of methoxy groups -OCH3 is 1. The summed E-state index contributed by atoms with van der Waals surface area (Å²) in [7, 11) is 1.35. The summed E-state index contributed by atoms with van der Waals surface area (Å²) in [6.45, 7) is 2.40. The van der Waals surface area contributed by atoms with Gasteiger partial charge in [0, 0.05) is 22.9 Å². The Morgan fingerprint density at radius 2 is 1.22 bits per heavy atom. The second-order valence-corrected chi connectivity index (χ2v) is 11.9. The van der Waals surface area contributed by atoms with Gasteiger partial charge in [0.05, 0.1) is 35.6 Å². The normalized spacial score (nSPS) is 12.4. The fourth-order valence-electron chi connectivity index (χ4n) is 5.60. The van der Waals surface area contributed by atoms with Gasteiger partial charge in [-0.25, -0.2) is 14.8 Å². The molecule has 8 nitrogen and oxygen atoms in total. The third-order valence-electron chi connectivity index (χ3n) is 8.33. The number of ether oxygens (including phenoxy) is 4. The van der Waals surface area contributed by atoms with E-state index in [9.17, 15) is 4.79 Å². The molecule has 248 valence electrons. The minimum Gasteiger partial charge on any atom is -0.487 e. The van der Waals surface area contributed by atoms with E-state index in [2.05, 4.69) is 16.0 Å². The maximum atomic E-state index is 12.2. The maximum absolute atomic E-state index is 12.2. The highest BCUT2D eigenvalue weighted by Gasteiger charge is 2.22. The maximum Gasteiger partial charge on any atom is 0.334 e. The molecule has 6 aromatic rings. The first kappa shape index (κ1) is 33.3. The van der Waals surface area contributed by atoms with E-state index in [1.165, 1.54) is 7.11 Å². The Labute approximate surface area is 286 Å². The minimum atomic E-state index is -0.748. The monoisotopic (exact) mass is 653 g/mol. The molecule has 0 amide bonds. The fourth-order valence-corrected chi connectivity index (χ4v) is 5.60. The van der Waals surface area contributed by atoms with Crippen molar-refractivity contribution in [2.75, 3.05) is 7.11 Å². The second-order valence-electron chi connectivity index (χ2n) is 11.9. The molecule has 49 heavy (non-hydrogen) atoms. The van der Waals surface area contributed by atoms with Gasteiger partial charge in [-0.15, -0.1) is 0 Å². The van der Waals surface area contributed by atoms with Gasteiger partial charge >= 0.3 is 5.97 Å². The highest BCUT2D eigenvalue weighted by Crippen LogP contribution is 2.22. The van der Waals surface area contributed by atoms with Gasteiger partial charge in [0.2, 0.25) is 0 Å². The first-order chi connectivity index (χ1) is 23.9. The molecule has 0 aliphatic rings. The van der Waals surface area contributed by atoms with Crippen LogP contribution in [-0.4, -0.2) is 41.0 Å². The van der Waals surface area contributed by atoms with Crippen LogP contribution in [0, 0.1) is 5.41 Å². The summed E-state index contributed by atoms with van der Waals surface area (Å²) in [6.07, 6.45) is 0.537. The van der Waals surface area contributed by atoms with Gasteiger partial charge in [-0.05, 0) is 91.6 Å². The van der Waals surface area contributed by atoms with Crippen LogP contribution in [0.15, 0.2) is 121 Å². The SMILES string of the molecule is COC(=O)C(C)OC(CCc1ccc(OCc2ccc3ccccc3n2)cc1)CC(=N)c1ccc(OCc2ccc3ccccc3n2)cc1. The quantitative estimate of drug-likeness (QED) is 0.0879. The second kappa shape index (κ2) is 16.0. The predicted octanol–water partition coefficient (Wildman–Crippen LogP) is 8.28. The van der Waals surface area contributed by atoms with Crippen molar-refractivity contribution in [1.29, 1.82) is 5.41 Å². The molecule has 0 bridgehead atoms. The van der Waals surface area contributed by atoms with E-state index in [1.807, 2.05) is 115 Å². The summed E-state index contributed by atoms with van der Waals surface area (Å²) >= 11 is 0. The topological polar surface area (TPSA) is 104 Å². The third kappa shape index (κ3) is 9.06. The molecule has 2 heterocycles. The Morgan fingerprint density at radius 3 is 1.78 bits per heavy atom. The lowest BCUT2D eigenvalue weighted by molar-refractivity contribution is -0.156. The van der Waals surface area contributed by atoms with Gasteiger partial charge in [0.15, 0.2) is 6.10 Å². The Morgan fingerprint density at radius 1 is 0.694 bits per heavy atom. The van der Waals surface area contributed by atoms with Gasteiger partial charge in [0.1, 0.15) is 24.7 Å². The highest BCUT2D eigenvalue weighted by atomic mass is 16.6. The smallest absolute Gasteiger partial charge is 0.334 e. The van der Waals surface area contributed by atoms with Crippen LogP contribution in [0.2, 0.25) is 0 Å².